The number of quaternary nitrogens is 1. The van der Waals surface area contributed by atoms with Gasteiger partial charge in [0.25, 0.3) is 0 Å². The van der Waals surface area contributed by atoms with Crippen molar-refractivity contribution >= 4 is 0 Å². The summed E-state index contributed by atoms with van der Waals surface area (Å²) < 4.78 is 1.38. The van der Waals surface area contributed by atoms with Gasteiger partial charge in [-0.2, -0.15) is 0 Å². The molecular weight excluding hydrogens is 300 g/mol. The van der Waals surface area contributed by atoms with Crippen molar-refractivity contribution in [1.29, 1.82) is 0 Å². The van der Waals surface area contributed by atoms with Crippen LogP contribution in [0.3, 0.4) is 0 Å². The van der Waals surface area contributed by atoms with Gasteiger partial charge < -0.3 is 26.8 Å². The summed E-state index contributed by atoms with van der Waals surface area (Å²) in [6, 6.07) is 0. The van der Waals surface area contributed by atoms with Gasteiger partial charge in [-0.05, 0) is 38.8 Å². The van der Waals surface area contributed by atoms with Crippen molar-refractivity contribution in [3.05, 3.63) is 0 Å². The predicted octanol–water partition coefficient (Wildman–Crippen LogP) is 1.06. The number of halogens is 1. The lowest BCUT2D eigenvalue weighted by atomic mass is 10.2. The minimum absolute atomic E-state index is 0. The number of hydrogen-bond acceptors (Lipinski definition) is 1. The van der Waals surface area contributed by atoms with E-state index in [9.17, 15) is 0 Å². The van der Waals surface area contributed by atoms with Crippen LogP contribution >= 0.6 is 0 Å². The highest BCUT2D eigenvalue weighted by atomic mass is 79.9. The first-order valence-corrected chi connectivity index (χ1v) is 8.21. The molecule has 0 rings (SSSR count). The Balaban J connectivity index is -0.000000366. The molecule has 0 atom stereocenters. The van der Waals surface area contributed by atoms with Gasteiger partial charge in [0, 0.05) is 0 Å². The van der Waals surface area contributed by atoms with Crippen molar-refractivity contribution in [2.24, 2.45) is 0 Å². The highest BCUT2D eigenvalue weighted by Crippen LogP contribution is 2.12. The molecule has 0 aliphatic heterocycles. The average Bonchev–Trinajstić information content (AvgIpc) is 2.32. The number of nitrogens with zero attached hydrogens (tertiary/aromatic N) is 1. The molecule has 2 nitrogen and oxygen atoms in total. The van der Waals surface area contributed by atoms with Crippen LogP contribution in [0.5, 0.6) is 0 Å². The SMILES string of the molecule is CCC[N+](CCC)(CCC)CCC.CCNCC.[Br-]. The fourth-order valence-electron chi connectivity index (χ4n) is 2.82. The van der Waals surface area contributed by atoms with Crippen LogP contribution < -0.4 is 22.3 Å². The Morgan fingerprint density at radius 2 is 0.842 bits per heavy atom. The predicted molar refractivity (Wildman–Crippen MR) is 85.1 cm³/mol. The third-order valence-electron chi connectivity index (χ3n) is 3.29. The minimum Gasteiger partial charge on any atom is -1.00 e. The summed E-state index contributed by atoms with van der Waals surface area (Å²) in [5.41, 5.74) is 0. The molecule has 0 aromatic carbocycles. The highest BCUT2D eigenvalue weighted by molar-refractivity contribution is 4.43. The molecule has 0 aromatic rings. The molecule has 0 saturated carbocycles. The van der Waals surface area contributed by atoms with Gasteiger partial charge in [0.05, 0.1) is 26.2 Å². The average molecular weight is 339 g/mol. The molecule has 0 amide bonds. The molecular formula is C16H39BrN2. The monoisotopic (exact) mass is 338 g/mol. The van der Waals surface area contributed by atoms with Crippen LogP contribution in [0.1, 0.15) is 67.2 Å². The fourth-order valence-corrected chi connectivity index (χ4v) is 2.82. The Bertz CT molecular complexity index is 120. The van der Waals surface area contributed by atoms with Crippen LogP contribution in [0.25, 0.3) is 0 Å². The van der Waals surface area contributed by atoms with Gasteiger partial charge in [-0.3, -0.25) is 0 Å². The van der Waals surface area contributed by atoms with Gasteiger partial charge in [-0.15, -0.1) is 0 Å². The first-order valence-electron chi connectivity index (χ1n) is 8.21. The smallest absolute Gasteiger partial charge is 0.0783 e. The molecule has 0 fully saturated rings. The maximum atomic E-state index is 3.11. The maximum Gasteiger partial charge on any atom is 0.0783 e. The van der Waals surface area contributed by atoms with E-state index in [0.29, 0.717) is 0 Å². The Labute approximate surface area is 133 Å². The molecule has 0 heterocycles. The number of nitrogens with one attached hydrogen (secondary N) is 1. The number of rotatable bonds is 10. The number of hydrogen-bond donors (Lipinski definition) is 1. The topological polar surface area (TPSA) is 12.0 Å². The van der Waals surface area contributed by atoms with Crippen LogP contribution in [0.15, 0.2) is 0 Å². The van der Waals surface area contributed by atoms with E-state index in [0.717, 1.165) is 13.1 Å². The van der Waals surface area contributed by atoms with Crippen molar-refractivity contribution < 1.29 is 21.5 Å². The molecule has 0 saturated heterocycles. The minimum atomic E-state index is 0. The van der Waals surface area contributed by atoms with E-state index < -0.39 is 0 Å². The summed E-state index contributed by atoms with van der Waals surface area (Å²) >= 11 is 0. The Hall–Kier alpha value is 0.400. The lowest BCUT2D eigenvalue weighted by molar-refractivity contribution is -0.928. The summed E-state index contributed by atoms with van der Waals surface area (Å²) in [7, 11) is 0. The first-order chi connectivity index (χ1) is 8.66. The van der Waals surface area contributed by atoms with Crippen molar-refractivity contribution in [1.82, 2.24) is 5.32 Å². The maximum absolute atomic E-state index is 3.11. The lowest BCUT2D eigenvalue weighted by Gasteiger charge is -2.38. The molecule has 0 unspecified atom stereocenters. The normalized spacial score (nSPS) is 10.4. The third-order valence-corrected chi connectivity index (χ3v) is 3.29. The molecule has 0 aliphatic carbocycles. The van der Waals surface area contributed by atoms with Gasteiger partial charge in [-0.25, -0.2) is 0 Å². The zero-order valence-corrected chi connectivity index (χ0v) is 16.0. The van der Waals surface area contributed by atoms with Crippen LogP contribution in [-0.4, -0.2) is 43.8 Å². The van der Waals surface area contributed by atoms with E-state index in [2.05, 4.69) is 46.9 Å². The molecule has 0 bridgehead atoms. The first kappa shape index (κ1) is 24.4. The van der Waals surface area contributed by atoms with Crippen LogP contribution in [0.4, 0.5) is 0 Å². The summed E-state index contributed by atoms with van der Waals surface area (Å²) in [5.74, 6) is 0. The molecule has 120 valence electrons. The Morgan fingerprint density at radius 1 is 0.579 bits per heavy atom. The van der Waals surface area contributed by atoms with Crippen molar-refractivity contribution in [2.75, 3.05) is 39.3 Å². The van der Waals surface area contributed by atoms with E-state index in [1.54, 1.807) is 0 Å². The summed E-state index contributed by atoms with van der Waals surface area (Å²) in [6.07, 6.45) is 5.33. The standard InChI is InChI=1S/C12H28N.C4H11N.BrH/c1-5-9-13(10-6-2,11-7-3)12-8-4;1-3-5-4-2;/h5-12H2,1-4H3;5H,3-4H2,1-2H3;1H/q+1;;/p-1. The van der Waals surface area contributed by atoms with Gasteiger partial charge in [0.2, 0.25) is 0 Å². The second kappa shape index (κ2) is 18.4. The van der Waals surface area contributed by atoms with Crippen molar-refractivity contribution in [3.63, 3.8) is 0 Å². The summed E-state index contributed by atoms with van der Waals surface area (Å²) in [5, 5.41) is 3.11. The Kier molecular flexibility index (Phi) is 23.6. The van der Waals surface area contributed by atoms with E-state index in [-0.39, 0.29) is 17.0 Å². The largest absolute Gasteiger partial charge is 1.00 e. The molecule has 0 spiro atoms. The molecule has 0 aliphatic rings. The quantitative estimate of drug-likeness (QED) is 0.587. The van der Waals surface area contributed by atoms with Crippen molar-refractivity contribution in [3.8, 4) is 0 Å². The van der Waals surface area contributed by atoms with E-state index >= 15 is 0 Å². The molecule has 3 heteroatoms. The van der Waals surface area contributed by atoms with Gasteiger partial charge in [-0.1, -0.05) is 41.5 Å². The highest BCUT2D eigenvalue weighted by Gasteiger charge is 2.22. The molecule has 0 radical (unpaired) electrons. The Morgan fingerprint density at radius 3 is 0.947 bits per heavy atom. The third kappa shape index (κ3) is 14.6. The van der Waals surface area contributed by atoms with E-state index in [4.69, 9.17) is 0 Å². The van der Waals surface area contributed by atoms with Gasteiger partial charge >= 0.3 is 0 Å². The summed E-state index contributed by atoms with van der Waals surface area (Å²) in [4.78, 5) is 0. The molecule has 0 aromatic heterocycles. The summed E-state index contributed by atoms with van der Waals surface area (Å²) in [6.45, 7) is 21.2. The fraction of sp³-hybridized carbons (Fsp3) is 1.00. The second-order valence-electron chi connectivity index (χ2n) is 5.19. The lowest BCUT2D eigenvalue weighted by Crippen LogP contribution is -3.00. The second-order valence-corrected chi connectivity index (χ2v) is 5.19. The van der Waals surface area contributed by atoms with Crippen LogP contribution in [0.2, 0.25) is 0 Å². The van der Waals surface area contributed by atoms with Crippen LogP contribution in [0, 0.1) is 0 Å². The van der Waals surface area contributed by atoms with E-state index in [1.807, 2.05) is 0 Å². The van der Waals surface area contributed by atoms with Gasteiger partial charge in [0.1, 0.15) is 0 Å². The van der Waals surface area contributed by atoms with E-state index in [1.165, 1.54) is 56.3 Å². The molecule has 19 heavy (non-hydrogen) atoms. The van der Waals surface area contributed by atoms with Crippen molar-refractivity contribution in [2.45, 2.75) is 67.2 Å². The van der Waals surface area contributed by atoms with Gasteiger partial charge in [0.15, 0.2) is 0 Å². The van der Waals surface area contributed by atoms with Crippen LogP contribution in [-0.2, 0) is 0 Å². The zero-order valence-electron chi connectivity index (χ0n) is 14.4. The molecule has 1 N–H and O–H groups in total. The zero-order chi connectivity index (χ0) is 14.3.